The fraction of sp³-hybridized carbons (Fsp3) is 0.417. The second-order valence-electron chi connectivity index (χ2n) is 9.03. The average Bonchev–Trinajstić information content (AvgIpc) is 2.85. The zero-order chi connectivity index (χ0) is 29.5. The average molecular weight is 571 g/mol. The first-order valence-corrected chi connectivity index (χ1v) is 11.3. The number of carbonyl (C=O) groups is 2. The van der Waals surface area contributed by atoms with E-state index in [1.165, 1.54) is 7.05 Å². The highest BCUT2D eigenvalue weighted by Gasteiger charge is 2.40. The van der Waals surface area contributed by atoms with Crippen molar-refractivity contribution < 1.29 is 54.2 Å². The van der Waals surface area contributed by atoms with Gasteiger partial charge in [0.05, 0.1) is 16.7 Å². The Bertz CT molecular complexity index is 1180. The van der Waals surface area contributed by atoms with Gasteiger partial charge in [0.25, 0.3) is 0 Å². The lowest BCUT2D eigenvalue weighted by Crippen LogP contribution is -2.54. The van der Waals surface area contributed by atoms with Gasteiger partial charge >= 0.3 is 30.7 Å². The van der Waals surface area contributed by atoms with Gasteiger partial charge in [-0.15, -0.1) is 0 Å². The molecule has 39 heavy (non-hydrogen) atoms. The lowest BCUT2D eigenvalue weighted by Gasteiger charge is -2.43. The van der Waals surface area contributed by atoms with Gasteiger partial charge in [0.15, 0.2) is 0 Å². The first-order valence-electron chi connectivity index (χ1n) is 11.3. The molecule has 2 aromatic rings. The summed E-state index contributed by atoms with van der Waals surface area (Å²) < 4.78 is 119. The number of amides is 3. The van der Waals surface area contributed by atoms with Gasteiger partial charge in [0.2, 0.25) is 0 Å². The molecule has 2 aromatic carbocycles. The van der Waals surface area contributed by atoms with E-state index in [4.69, 9.17) is 0 Å². The van der Waals surface area contributed by atoms with Crippen molar-refractivity contribution in [3.8, 4) is 0 Å². The van der Waals surface area contributed by atoms with Crippen LogP contribution in [0.15, 0.2) is 42.5 Å². The molecule has 1 heterocycles. The minimum absolute atomic E-state index is 0.00443. The molecule has 1 aliphatic rings. The van der Waals surface area contributed by atoms with Gasteiger partial charge in [0.1, 0.15) is 0 Å². The molecule has 3 amide bonds. The van der Waals surface area contributed by atoms with Crippen LogP contribution in [0.2, 0.25) is 0 Å². The Balaban J connectivity index is 1.96. The number of carboxylic acid groups (broad SMARTS) is 1. The van der Waals surface area contributed by atoms with Gasteiger partial charge in [-0.05, 0) is 42.3 Å². The lowest BCUT2D eigenvalue weighted by atomic mass is 9.85. The fourth-order valence-electron chi connectivity index (χ4n) is 4.44. The topological polar surface area (TPSA) is 64.1 Å². The Hall–Kier alpha value is -3.65. The predicted molar refractivity (Wildman–Crippen MR) is 120 cm³/mol. The lowest BCUT2D eigenvalue weighted by molar-refractivity contribution is -0.143. The van der Waals surface area contributed by atoms with Crippen molar-refractivity contribution in [2.75, 3.05) is 32.1 Å². The second kappa shape index (κ2) is 10.5. The molecule has 0 aromatic heterocycles. The number of urea groups is 1. The number of halogens is 9. The summed E-state index contributed by atoms with van der Waals surface area (Å²) in [6, 6.07) is 2.71. The molecule has 0 aliphatic carbocycles. The SMILES string of the molecule is CN(C(=O)N(C)C1CCN(C(=O)O)CC1c1ccc(C(F)(F)F)cc1)c1cc(C(F)(F)F)cc(C(F)(F)F)c1. The normalized spacial score (nSPS) is 18.6. The Morgan fingerprint density at radius 1 is 0.821 bits per heavy atom. The molecule has 15 heteroatoms. The quantitative estimate of drug-likeness (QED) is 0.414. The standard InChI is InChI=1S/C24H22F9N3O3/c1-34(17-10-15(23(28,29)30)9-16(11-17)24(31,32)33)20(37)35(2)19-7-8-36(21(38)39)12-18(19)13-3-5-14(6-4-13)22(25,26)27/h3-6,9-11,18-19H,7-8,12H2,1-2H3,(H,38,39). The maximum absolute atomic E-state index is 13.3. The molecular weight excluding hydrogens is 549 g/mol. The van der Waals surface area contributed by atoms with E-state index < -0.39 is 65.0 Å². The molecular formula is C24H22F9N3O3. The van der Waals surface area contributed by atoms with E-state index in [9.17, 15) is 54.2 Å². The first-order chi connectivity index (χ1) is 17.8. The van der Waals surface area contributed by atoms with Crippen molar-refractivity contribution in [2.45, 2.75) is 36.9 Å². The summed E-state index contributed by atoms with van der Waals surface area (Å²) in [7, 11) is 2.21. The van der Waals surface area contributed by atoms with Gasteiger partial charge in [-0.25, -0.2) is 9.59 Å². The fourth-order valence-corrected chi connectivity index (χ4v) is 4.44. The number of hydrogen-bond acceptors (Lipinski definition) is 2. The van der Waals surface area contributed by atoms with E-state index in [0.717, 1.165) is 41.1 Å². The van der Waals surface area contributed by atoms with Crippen LogP contribution in [0.25, 0.3) is 0 Å². The highest BCUT2D eigenvalue weighted by atomic mass is 19.4. The van der Waals surface area contributed by atoms with E-state index in [0.29, 0.717) is 17.0 Å². The van der Waals surface area contributed by atoms with Crippen LogP contribution in [0.3, 0.4) is 0 Å². The van der Waals surface area contributed by atoms with Crippen LogP contribution in [-0.2, 0) is 18.5 Å². The third-order valence-corrected chi connectivity index (χ3v) is 6.56. The second-order valence-corrected chi connectivity index (χ2v) is 9.03. The Kier molecular flexibility index (Phi) is 8.04. The molecule has 1 fully saturated rings. The zero-order valence-electron chi connectivity index (χ0n) is 20.3. The number of piperidine rings is 1. The van der Waals surface area contributed by atoms with Gasteiger partial charge in [-0.3, -0.25) is 4.90 Å². The molecule has 3 rings (SSSR count). The highest BCUT2D eigenvalue weighted by Crippen LogP contribution is 2.39. The van der Waals surface area contributed by atoms with Crippen LogP contribution in [0, 0.1) is 0 Å². The van der Waals surface area contributed by atoms with E-state index in [-0.39, 0.29) is 31.1 Å². The molecule has 1 aliphatic heterocycles. The van der Waals surface area contributed by atoms with Crippen molar-refractivity contribution in [3.63, 3.8) is 0 Å². The molecule has 0 radical (unpaired) electrons. The summed E-state index contributed by atoms with van der Waals surface area (Å²) >= 11 is 0. The molecule has 2 unspecified atom stereocenters. The van der Waals surface area contributed by atoms with Gasteiger partial charge in [0, 0.05) is 44.8 Å². The van der Waals surface area contributed by atoms with E-state index in [1.54, 1.807) is 0 Å². The van der Waals surface area contributed by atoms with Crippen molar-refractivity contribution in [2.24, 2.45) is 0 Å². The summed E-state index contributed by atoms with van der Waals surface area (Å²) in [5, 5.41) is 9.41. The number of anilines is 1. The van der Waals surface area contributed by atoms with E-state index >= 15 is 0 Å². The van der Waals surface area contributed by atoms with Crippen LogP contribution in [0.4, 0.5) is 54.8 Å². The van der Waals surface area contributed by atoms with Gasteiger partial charge < -0.3 is 14.9 Å². The van der Waals surface area contributed by atoms with Crippen molar-refractivity contribution in [1.82, 2.24) is 9.80 Å². The monoisotopic (exact) mass is 571 g/mol. The summed E-state index contributed by atoms with van der Waals surface area (Å²) in [6.45, 7) is -0.283. The minimum atomic E-state index is -5.14. The number of carbonyl (C=O) groups excluding carboxylic acids is 1. The third-order valence-electron chi connectivity index (χ3n) is 6.56. The number of nitrogens with zero attached hydrogens (tertiary/aromatic N) is 3. The van der Waals surface area contributed by atoms with E-state index in [2.05, 4.69) is 0 Å². The molecule has 0 bridgehead atoms. The predicted octanol–water partition coefficient (Wildman–Crippen LogP) is 6.77. The zero-order valence-corrected chi connectivity index (χ0v) is 20.3. The number of likely N-dealkylation sites (tertiary alicyclic amines) is 1. The van der Waals surface area contributed by atoms with Crippen LogP contribution in [-0.4, -0.2) is 60.3 Å². The van der Waals surface area contributed by atoms with Gasteiger partial charge in [-0.1, -0.05) is 12.1 Å². The highest BCUT2D eigenvalue weighted by molar-refractivity contribution is 5.92. The number of alkyl halides is 9. The first kappa shape index (κ1) is 29.9. The molecule has 6 nitrogen and oxygen atoms in total. The molecule has 214 valence electrons. The smallest absolute Gasteiger partial charge is 0.416 e. The molecule has 1 saturated heterocycles. The minimum Gasteiger partial charge on any atom is -0.465 e. The van der Waals surface area contributed by atoms with Crippen molar-refractivity contribution >= 4 is 17.8 Å². The van der Waals surface area contributed by atoms with Crippen LogP contribution < -0.4 is 4.90 Å². The number of benzene rings is 2. The summed E-state index contributed by atoms with van der Waals surface area (Å²) in [4.78, 5) is 27.4. The summed E-state index contributed by atoms with van der Waals surface area (Å²) in [6.07, 6.45) is -16.2. The van der Waals surface area contributed by atoms with Crippen molar-refractivity contribution in [3.05, 3.63) is 64.7 Å². The maximum atomic E-state index is 13.3. The van der Waals surface area contributed by atoms with E-state index in [1.807, 2.05) is 0 Å². The number of hydrogen-bond donors (Lipinski definition) is 1. The van der Waals surface area contributed by atoms with Crippen LogP contribution >= 0.6 is 0 Å². The summed E-state index contributed by atoms with van der Waals surface area (Å²) in [5.41, 5.74) is -4.62. The molecule has 0 spiro atoms. The Morgan fingerprint density at radius 2 is 1.31 bits per heavy atom. The Labute approximate surface area is 216 Å². The third kappa shape index (κ3) is 6.68. The van der Waals surface area contributed by atoms with Crippen molar-refractivity contribution in [1.29, 1.82) is 0 Å². The van der Waals surface area contributed by atoms with Crippen LogP contribution in [0.5, 0.6) is 0 Å². The molecule has 2 atom stereocenters. The molecule has 1 N–H and O–H groups in total. The number of likely N-dealkylation sites (N-methyl/N-ethyl adjacent to an activating group) is 1. The van der Waals surface area contributed by atoms with Crippen LogP contribution in [0.1, 0.15) is 34.6 Å². The largest absolute Gasteiger partial charge is 0.465 e. The number of rotatable bonds is 3. The summed E-state index contributed by atoms with van der Waals surface area (Å²) in [5.74, 6) is -0.841. The maximum Gasteiger partial charge on any atom is 0.416 e. The van der Waals surface area contributed by atoms with Gasteiger partial charge in [-0.2, -0.15) is 39.5 Å². The molecule has 0 saturated carbocycles. The Morgan fingerprint density at radius 3 is 1.74 bits per heavy atom.